The molecule has 12 heteroatoms. The predicted octanol–water partition coefficient (Wildman–Crippen LogP) is 1.20. The average Bonchev–Trinajstić information content (AvgIpc) is 2.58. The summed E-state index contributed by atoms with van der Waals surface area (Å²) >= 11 is 0. The first-order valence-corrected chi connectivity index (χ1v) is 8.99. The number of halogens is 3. The third kappa shape index (κ3) is 5.42. The lowest BCUT2D eigenvalue weighted by atomic mass is 10.2. The van der Waals surface area contributed by atoms with Crippen LogP contribution in [0.5, 0.6) is 0 Å². The number of benzene rings is 1. The van der Waals surface area contributed by atoms with Crippen LogP contribution in [0.2, 0.25) is 0 Å². The molecular formula is C15H16F3NO7S. The van der Waals surface area contributed by atoms with Crippen LogP contribution in [0.4, 0.5) is 13.2 Å². The van der Waals surface area contributed by atoms with Crippen molar-refractivity contribution in [2.75, 3.05) is 13.2 Å². The summed E-state index contributed by atoms with van der Waals surface area (Å²) in [4.78, 5) is 34.6. The standard InChI is InChI=1S/C15H16F3NO7S/c1-3-25-13(21)11(14(22)26-4-2)19-12(20)9-5-7-10(8-6-9)27(23,24)15(16,17)18/h5-8,11H,3-4H2,1-2H3,(H,19,20). The van der Waals surface area contributed by atoms with Crippen LogP contribution in [-0.2, 0) is 28.9 Å². The minimum Gasteiger partial charge on any atom is -0.464 e. The Balaban J connectivity index is 3.04. The maximum absolute atomic E-state index is 12.5. The summed E-state index contributed by atoms with van der Waals surface area (Å²) in [5.41, 5.74) is -5.77. The molecule has 0 unspecified atom stereocenters. The Morgan fingerprint density at radius 2 is 1.44 bits per heavy atom. The Labute approximate surface area is 152 Å². The molecule has 0 aromatic heterocycles. The van der Waals surface area contributed by atoms with E-state index in [2.05, 4.69) is 9.47 Å². The maximum Gasteiger partial charge on any atom is 0.501 e. The fourth-order valence-electron chi connectivity index (χ4n) is 1.80. The van der Waals surface area contributed by atoms with Gasteiger partial charge in [0.05, 0.1) is 18.1 Å². The van der Waals surface area contributed by atoms with Gasteiger partial charge in [0.1, 0.15) is 0 Å². The topological polar surface area (TPSA) is 116 Å². The number of rotatable bonds is 7. The van der Waals surface area contributed by atoms with Gasteiger partial charge >= 0.3 is 17.4 Å². The summed E-state index contributed by atoms with van der Waals surface area (Å²) in [6, 6.07) is 1.00. The van der Waals surface area contributed by atoms with Crippen LogP contribution in [0.25, 0.3) is 0 Å². The van der Waals surface area contributed by atoms with Gasteiger partial charge in [-0.15, -0.1) is 0 Å². The smallest absolute Gasteiger partial charge is 0.464 e. The highest BCUT2D eigenvalue weighted by Gasteiger charge is 2.46. The molecule has 1 aromatic carbocycles. The van der Waals surface area contributed by atoms with Crippen LogP contribution in [0.1, 0.15) is 24.2 Å². The molecule has 0 aliphatic carbocycles. The summed E-state index contributed by atoms with van der Waals surface area (Å²) in [6.45, 7) is 2.80. The van der Waals surface area contributed by atoms with E-state index in [1.165, 1.54) is 13.8 Å². The zero-order valence-electron chi connectivity index (χ0n) is 14.2. The Morgan fingerprint density at radius 3 is 1.81 bits per heavy atom. The molecule has 0 aliphatic heterocycles. The Morgan fingerprint density at radius 1 is 1.00 bits per heavy atom. The highest BCUT2D eigenvalue weighted by Crippen LogP contribution is 2.30. The van der Waals surface area contributed by atoms with E-state index in [0.29, 0.717) is 12.1 Å². The van der Waals surface area contributed by atoms with Gasteiger partial charge in [-0.05, 0) is 38.1 Å². The lowest BCUT2D eigenvalue weighted by Crippen LogP contribution is -2.48. The molecule has 0 fully saturated rings. The van der Waals surface area contributed by atoms with Gasteiger partial charge in [-0.2, -0.15) is 13.2 Å². The van der Waals surface area contributed by atoms with Gasteiger partial charge < -0.3 is 14.8 Å². The molecule has 150 valence electrons. The molecule has 1 N–H and O–H groups in total. The van der Waals surface area contributed by atoms with E-state index in [1.54, 1.807) is 0 Å². The molecule has 1 amide bonds. The number of carbonyl (C=O) groups is 3. The van der Waals surface area contributed by atoms with E-state index in [-0.39, 0.29) is 18.8 Å². The number of hydrogen-bond acceptors (Lipinski definition) is 7. The average molecular weight is 411 g/mol. The van der Waals surface area contributed by atoms with Gasteiger partial charge in [-0.1, -0.05) is 0 Å². The number of ether oxygens (including phenoxy) is 2. The van der Waals surface area contributed by atoms with Crippen molar-refractivity contribution >= 4 is 27.7 Å². The molecule has 0 radical (unpaired) electrons. The molecule has 27 heavy (non-hydrogen) atoms. The molecule has 0 aliphatic rings. The summed E-state index contributed by atoms with van der Waals surface area (Å²) < 4.78 is 69.4. The number of alkyl halides is 3. The number of carbonyl (C=O) groups excluding carboxylic acids is 3. The van der Waals surface area contributed by atoms with Crippen molar-refractivity contribution in [3.8, 4) is 0 Å². The van der Waals surface area contributed by atoms with Crippen molar-refractivity contribution in [3.05, 3.63) is 29.8 Å². The Kier molecular flexibility index (Phi) is 7.34. The molecule has 0 atom stereocenters. The first-order valence-electron chi connectivity index (χ1n) is 7.51. The number of nitrogens with one attached hydrogen (secondary N) is 1. The summed E-state index contributed by atoms with van der Waals surface area (Å²) in [5.74, 6) is -3.18. The Bertz CT molecular complexity index is 786. The highest BCUT2D eigenvalue weighted by atomic mass is 32.2. The van der Waals surface area contributed by atoms with Crippen LogP contribution < -0.4 is 5.32 Å². The van der Waals surface area contributed by atoms with Crippen LogP contribution in [0.15, 0.2) is 29.2 Å². The fraction of sp³-hybridized carbons (Fsp3) is 0.400. The SMILES string of the molecule is CCOC(=O)C(NC(=O)c1ccc(S(=O)(=O)C(F)(F)F)cc1)C(=O)OCC. The van der Waals surface area contributed by atoms with Crippen molar-refractivity contribution in [1.82, 2.24) is 5.32 Å². The third-order valence-electron chi connectivity index (χ3n) is 3.05. The minimum absolute atomic E-state index is 0.0748. The maximum atomic E-state index is 12.5. The Hall–Kier alpha value is -2.63. The van der Waals surface area contributed by atoms with E-state index in [4.69, 9.17) is 0 Å². The number of sulfone groups is 1. The molecule has 0 saturated carbocycles. The van der Waals surface area contributed by atoms with Crippen LogP contribution in [-0.4, -0.2) is 51.0 Å². The van der Waals surface area contributed by atoms with Gasteiger partial charge in [0, 0.05) is 5.56 Å². The molecule has 0 spiro atoms. The van der Waals surface area contributed by atoms with E-state index >= 15 is 0 Å². The first-order chi connectivity index (χ1) is 12.5. The molecule has 0 heterocycles. The third-order valence-corrected chi connectivity index (χ3v) is 4.55. The van der Waals surface area contributed by atoms with E-state index in [1.807, 2.05) is 5.32 Å². The molecule has 0 saturated heterocycles. The van der Waals surface area contributed by atoms with Gasteiger partial charge in [0.25, 0.3) is 15.7 Å². The lowest BCUT2D eigenvalue weighted by Gasteiger charge is -2.16. The highest BCUT2D eigenvalue weighted by molar-refractivity contribution is 7.92. The van der Waals surface area contributed by atoms with Gasteiger partial charge in [0.2, 0.25) is 6.04 Å². The van der Waals surface area contributed by atoms with E-state index < -0.39 is 44.1 Å². The van der Waals surface area contributed by atoms with Crippen LogP contribution >= 0.6 is 0 Å². The molecule has 1 aromatic rings. The quantitative estimate of drug-likeness (QED) is 0.529. The van der Waals surface area contributed by atoms with Gasteiger partial charge in [-0.25, -0.2) is 18.0 Å². The fourth-order valence-corrected chi connectivity index (χ4v) is 2.56. The minimum atomic E-state index is -5.56. The number of hydrogen-bond donors (Lipinski definition) is 1. The number of amides is 1. The monoisotopic (exact) mass is 411 g/mol. The van der Waals surface area contributed by atoms with Crippen molar-refractivity contribution in [2.24, 2.45) is 0 Å². The van der Waals surface area contributed by atoms with Crippen LogP contribution in [0.3, 0.4) is 0 Å². The second-order valence-electron chi connectivity index (χ2n) is 4.88. The van der Waals surface area contributed by atoms with Gasteiger partial charge in [0.15, 0.2) is 0 Å². The zero-order chi connectivity index (χ0) is 20.8. The van der Waals surface area contributed by atoms with E-state index in [9.17, 15) is 36.0 Å². The first kappa shape index (κ1) is 22.4. The zero-order valence-corrected chi connectivity index (χ0v) is 15.0. The van der Waals surface area contributed by atoms with Crippen molar-refractivity contribution < 1.29 is 45.4 Å². The predicted molar refractivity (Wildman–Crippen MR) is 84.2 cm³/mol. The van der Waals surface area contributed by atoms with Gasteiger partial charge in [-0.3, -0.25) is 4.79 Å². The second-order valence-corrected chi connectivity index (χ2v) is 6.83. The molecule has 8 nitrogen and oxygen atoms in total. The molecule has 0 bridgehead atoms. The van der Waals surface area contributed by atoms with Crippen molar-refractivity contribution in [2.45, 2.75) is 30.3 Å². The largest absolute Gasteiger partial charge is 0.501 e. The number of esters is 2. The summed E-state index contributed by atoms with van der Waals surface area (Å²) in [5, 5.41) is 2.03. The van der Waals surface area contributed by atoms with Crippen molar-refractivity contribution in [1.29, 1.82) is 0 Å². The van der Waals surface area contributed by atoms with Crippen LogP contribution in [0, 0.1) is 0 Å². The lowest BCUT2D eigenvalue weighted by molar-refractivity contribution is -0.157. The van der Waals surface area contributed by atoms with E-state index in [0.717, 1.165) is 12.1 Å². The second kappa shape index (κ2) is 8.84. The normalized spacial score (nSPS) is 11.8. The summed E-state index contributed by atoms with van der Waals surface area (Å²) in [6.07, 6.45) is 0. The van der Waals surface area contributed by atoms with Crippen molar-refractivity contribution in [3.63, 3.8) is 0 Å². The summed E-state index contributed by atoms with van der Waals surface area (Å²) in [7, 11) is -5.56. The molecule has 1 rings (SSSR count). The molecular weight excluding hydrogens is 395 g/mol.